The van der Waals surface area contributed by atoms with Crippen molar-refractivity contribution in [2.24, 2.45) is 5.92 Å². The van der Waals surface area contributed by atoms with E-state index in [1.165, 1.54) is 17.0 Å². The van der Waals surface area contributed by atoms with Gasteiger partial charge in [0.05, 0.1) is 18.7 Å². The fraction of sp³-hybridized carbons (Fsp3) is 0.370. The van der Waals surface area contributed by atoms with Crippen LogP contribution in [0.4, 0.5) is 4.39 Å². The number of allylic oxidation sites excluding steroid dienone is 1. The number of amides is 2. The first-order chi connectivity index (χ1) is 16.2. The van der Waals surface area contributed by atoms with Crippen LogP contribution in [0.15, 0.2) is 59.8 Å². The van der Waals surface area contributed by atoms with Crippen LogP contribution in [0, 0.1) is 11.7 Å². The van der Waals surface area contributed by atoms with Crippen molar-refractivity contribution in [1.29, 1.82) is 0 Å². The molecule has 0 aromatic heterocycles. The normalized spacial score (nSPS) is 16.1. The minimum absolute atomic E-state index is 0.0174. The van der Waals surface area contributed by atoms with Gasteiger partial charge in [-0.25, -0.2) is 9.18 Å². The Morgan fingerprint density at radius 1 is 1.18 bits per heavy atom. The van der Waals surface area contributed by atoms with Crippen LogP contribution in [-0.4, -0.2) is 35.8 Å². The summed E-state index contributed by atoms with van der Waals surface area (Å²) in [5.74, 6) is -1.57. The lowest BCUT2D eigenvalue weighted by molar-refractivity contribution is -0.140. The lowest BCUT2D eigenvalue weighted by atomic mass is 9.83. The highest BCUT2D eigenvalue weighted by molar-refractivity contribution is 5.96. The average molecular weight is 467 g/mol. The first-order valence-electron chi connectivity index (χ1n) is 11.5. The largest absolute Gasteiger partial charge is 0.463 e. The molecule has 2 aromatic carbocycles. The summed E-state index contributed by atoms with van der Waals surface area (Å²) in [6, 6.07) is 13.0. The number of hydrogen-bond donors (Lipinski definition) is 1. The number of hydrogen-bond acceptors (Lipinski definition) is 4. The number of rotatable bonds is 8. The molecule has 0 saturated carbocycles. The number of nitrogens with zero attached hydrogens (tertiary/aromatic N) is 1. The van der Waals surface area contributed by atoms with Gasteiger partial charge in [-0.15, -0.1) is 0 Å². The number of esters is 1. The number of halogens is 1. The maximum Gasteiger partial charge on any atom is 0.336 e. The summed E-state index contributed by atoms with van der Waals surface area (Å²) in [4.78, 5) is 40.1. The predicted octanol–water partition coefficient (Wildman–Crippen LogP) is 4.56. The van der Waals surface area contributed by atoms with E-state index < -0.39 is 17.7 Å². The standard InChI is InChI=1S/C27H31FN2O4/c1-5-34-27(33)25-18(4)30(24(31)14-23(25)20-9-7-11-22(28)13-20)16-19-8-6-10-21(12-19)26(32)29-15-17(2)3/h6-13,17,23H,5,14-16H2,1-4H3,(H,29,32). The van der Waals surface area contributed by atoms with Gasteiger partial charge in [0.2, 0.25) is 5.91 Å². The molecule has 2 amide bonds. The summed E-state index contributed by atoms with van der Waals surface area (Å²) >= 11 is 0. The molecule has 34 heavy (non-hydrogen) atoms. The molecule has 1 N–H and O–H groups in total. The maximum atomic E-state index is 13.9. The molecule has 6 nitrogen and oxygen atoms in total. The molecular weight excluding hydrogens is 435 g/mol. The number of benzene rings is 2. The van der Waals surface area contributed by atoms with E-state index in [2.05, 4.69) is 5.32 Å². The Morgan fingerprint density at radius 3 is 2.59 bits per heavy atom. The van der Waals surface area contributed by atoms with E-state index in [9.17, 15) is 18.8 Å². The van der Waals surface area contributed by atoms with Gasteiger partial charge in [-0.05, 0) is 55.2 Å². The summed E-state index contributed by atoms with van der Waals surface area (Å²) in [7, 11) is 0. The molecule has 0 saturated heterocycles. The fourth-order valence-electron chi connectivity index (χ4n) is 4.08. The molecule has 0 bridgehead atoms. The number of ether oxygens (including phenoxy) is 1. The second-order valence-corrected chi connectivity index (χ2v) is 8.82. The summed E-state index contributed by atoms with van der Waals surface area (Å²) in [6.45, 7) is 8.42. The number of nitrogens with one attached hydrogen (secondary N) is 1. The molecule has 0 aliphatic carbocycles. The predicted molar refractivity (Wildman–Crippen MR) is 127 cm³/mol. The van der Waals surface area contributed by atoms with Crippen LogP contribution >= 0.6 is 0 Å². The van der Waals surface area contributed by atoms with Gasteiger partial charge in [0.15, 0.2) is 0 Å². The van der Waals surface area contributed by atoms with Gasteiger partial charge in [-0.3, -0.25) is 9.59 Å². The van der Waals surface area contributed by atoms with Crippen LogP contribution in [0.3, 0.4) is 0 Å². The van der Waals surface area contributed by atoms with Crippen LogP contribution in [0.1, 0.15) is 61.5 Å². The molecule has 0 radical (unpaired) electrons. The zero-order valence-electron chi connectivity index (χ0n) is 20.1. The lowest BCUT2D eigenvalue weighted by Gasteiger charge is -2.34. The zero-order valence-corrected chi connectivity index (χ0v) is 20.1. The van der Waals surface area contributed by atoms with Gasteiger partial charge in [0, 0.05) is 30.1 Å². The molecule has 180 valence electrons. The SMILES string of the molecule is CCOC(=O)C1=C(C)N(Cc2cccc(C(=O)NCC(C)C)c2)C(=O)CC1c1cccc(F)c1. The second kappa shape index (κ2) is 11.1. The third-order valence-electron chi connectivity index (χ3n) is 5.77. The molecule has 1 unspecified atom stereocenters. The molecule has 3 rings (SSSR count). The topological polar surface area (TPSA) is 75.7 Å². The van der Waals surface area contributed by atoms with Crippen molar-refractivity contribution in [2.75, 3.05) is 13.2 Å². The van der Waals surface area contributed by atoms with Crippen molar-refractivity contribution in [3.63, 3.8) is 0 Å². The summed E-state index contributed by atoms with van der Waals surface area (Å²) in [5, 5.41) is 2.89. The molecule has 7 heteroatoms. The Morgan fingerprint density at radius 2 is 1.91 bits per heavy atom. The highest BCUT2D eigenvalue weighted by Crippen LogP contribution is 2.38. The Hall–Kier alpha value is -3.48. The van der Waals surface area contributed by atoms with E-state index in [0.29, 0.717) is 34.9 Å². The van der Waals surface area contributed by atoms with Gasteiger partial charge in [0.25, 0.3) is 5.91 Å². The van der Waals surface area contributed by atoms with Gasteiger partial charge < -0.3 is 15.0 Å². The first kappa shape index (κ1) is 25.1. The Bertz CT molecular complexity index is 1110. The van der Waals surface area contributed by atoms with E-state index >= 15 is 0 Å². The third kappa shape index (κ3) is 5.90. The molecule has 0 fully saturated rings. The third-order valence-corrected chi connectivity index (χ3v) is 5.77. The van der Waals surface area contributed by atoms with Gasteiger partial charge in [-0.2, -0.15) is 0 Å². The van der Waals surface area contributed by atoms with E-state index in [0.717, 1.165) is 5.56 Å². The summed E-state index contributed by atoms with van der Waals surface area (Å²) in [5.41, 5.74) is 2.64. The monoisotopic (exact) mass is 466 g/mol. The summed E-state index contributed by atoms with van der Waals surface area (Å²) < 4.78 is 19.2. The molecule has 2 aromatic rings. The van der Waals surface area contributed by atoms with Gasteiger partial charge >= 0.3 is 5.97 Å². The van der Waals surface area contributed by atoms with Crippen LogP contribution in [0.5, 0.6) is 0 Å². The summed E-state index contributed by atoms with van der Waals surface area (Å²) in [6.07, 6.45) is 0.0174. The average Bonchev–Trinajstić information content (AvgIpc) is 2.80. The van der Waals surface area contributed by atoms with Crippen LogP contribution in [0.25, 0.3) is 0 Å². The van der Waals surface area contributed by atoms with Crippen molar-refractivity contribution < 1.29 is 23.5 Å². The highest BCUT2D eigenvalue weighted by atomic mass is 19.1. The molecule has 1 aliphatic heterocycles. The fourth-order valence-corrected chi connectivity index (χ4v) is 4.08. The Balaban J connectivity index is 1.93. The minimum atomic E-state index is -0.591. The van der Waals surface area contributed by atoms with Crippen molar-refractivity contribution in [1.82, 2.24) is 10.2 Å². The Labute approximate surface area is 199 Å². The zero-order chi connectivity index (χ0) is 24.8. The van der Waals surface area contributed by atoms with E-state index in [1.807, 2.05) is 19.9 Å². The quantitative estimate of drug-likeness (QED) is 0.579. The van der Waals surface area contributed by atoms with Crippen LogP contribution in [-0.2, 0) is 20.9 Å². The Kier molecular flexibility index (Phi) is 8.21. The van der Waals surface area contributed by atoms with Crippen LogP contribution < -0.4 is 5.32 Å². The van der Waals surface area contributed by atoms with Gasteiger partial charge in [-0.1, -0.05) is 38.1 Å². The maximum absolute atomic E-state index is 13.9. The molecule has 1 aliphatic rings. The minimum Gasteiger partial charge on any atom is -0.463 e. The molecule has 1 atom stereocenters. The first-order valence-corrected chi connectivity index (χ1v) is 11.5. The lowest BCUT2D eigenvalue weighted by Crippen LogP contribution is -2.38. The van der Waals surface area contributed by atoms with Crippen LogP contribution in [0.2, 0.25) is 0 Å². The molecular formula is C27H31FN2O4. The second-order valence-electron chi connectivity index (χ2n) is 8.82. The van der Waals surface area contributed by atoms with Crippen molar-refractivity contribution >= 4 is 17.8 Å². The molecule has 0 spiro atoms. The van der Waals surface area contributed by atoms with Crippen molar-refractivity contribution in [3.8, 4) is 0 Å². The number of carbonyl (C=O) groups excluding carboxylic acids is 3. The number of carbonyl (C=O) groups is 3. The highest BCUT2D eigenvalue weighted by Gasteiger charge is 2.37. The van der Waals surface area contributed by atoms with Gasteiger partial charge in [0.1, 0.15) is 5.82 Å². The van der Waals surface area contributed by atoms with E-state index in [-0.39, 0.29) is 31.4 Å². The van der Waals surface area contributed by atoms with Crippen molar-refractivity contribution in [3.05, 3.63) is 82.3 Å². The smallest absolute Gasteiger partial charge is 0.336 e. The molecule has 1 heterocycles. The van der Waals surface area contributed by atoms with Crippen molar-refractivity contribution in [2.45, 2.75) is 46.6 Å². The van der Waals surface area contributed by atoms with E-state index in [1.54, 1.807) is 44.2 Å². The van der Waals surface area contributed by atoms with E-state index in [4.69, 9.17) is 4.74 Å².